The van der Waals surface area contributed by atoms with Crippen LogP contribution in [0, 0.1) is 11.6 Å². The van der Waals surface area contributed by atoms with E-state index >= 15 is 0 Å². The maximum atomic E-state index is 13.3. The van der Waals surface area contributed by atoms with Gasteiger partial charge in [-0.25, -0.2) is 22.2 Å². The minimum atomic E-state index is -4.03. The molecule has 1 aromatic carbocycles. The molecule has 1 heterocycles. The molecule has 1 aliphatic carbocycles. The van der Waals surface area contributed by atoms with Crippen molar-refractivity contribution in [1.29, 1.82) is 0 Å². The van der Waals surface area contributed by atoms with E-state index in [1.54, 1.807) is 6.07 Å². The van der Waals surface area contributed by atoms with Crippen LogP contribution in [0.4, 0.5) is 20.3 Å². The number of nitrogens with zero attached hydrogens (tertiary/aromatic N) is 1. The minimum absolute atomic E-state index is 0.124. The molecule has 2 aromatic rings. The average molecular weight is 444 g/mol. The first-order valence-corrected chi connectivity index (χ1v) is 12.2. The van der Waals surface area contributed by atoms with Crippen molar-refractivity contribution in [2.24, 2.45) is 0 Å². The van der Waals surface area contributed by atoms with Gasteiger partial charge in [-0.1, -0.05) is 13.3 Å². The first-order chi connectivity index (χ1) is 13.8. The van der Waals surface area contributed by atoms with E-state index < -0.39 is 32.5 Å². The van der Waals surface area contributed by atoms with Crippen LogP contribution in [0.5, 0.6) is 0 Å². The molecular formula is C19H23F2N3O3S2. The zero-order valence-electron chi connectivity index (χ0n) is 15.9. The van der Waals surface area contributed by atoms with E-state index in [2.05, 4.69) is 15.0 Å². The predicted octanol–water partition coefficient (Wildman–Crippen LogP) is 3.65. The van der Waals surface area contributed by atoms with Gasteiger partial charge in [0, 0.05) is 40.1 Å². The number of hydrogen-bond donors (Lipinski definition) is 2. The molecule has 3 unspecified atom stereocenters. The van der Waals surface area contributed by atoms with Crippen LogP contribution < -0.4 is 10.0 Å². The quantitative estimate of drug-likeness (QED) is 0.682. The summed E-state index contributed by atoms with van der Waals surface area (Å²) in [7, 11) is -4.87. The first kappa shape index (κ1) is 21.6. The predicted molar refractivity (Wildman–Crippen MR) is 110 cm³/mol. The molecule has 0 spiro atoms. The highest BCUT2D eigenvalue weighted by atomic mass is 32.2. The maximum absolute atomic E-state index is 13.3. The molecule has 0 bridgehead atoms. The molecule has 0 radical (unpaired) electrons. The van der Waals surface area contributed by atoms with Gasteiger partial charge in [-0.3, -0.25) is 8.93 Å². The highest BCUT2D eigenvalue weighted by Gasteiger charge is 2.25. The number of anilines is 2. The second-order valence-corrected chi connectivity index (χ2v) is 10.6. The summed E-state index contributed by atoms with van der Waals surface area (Å²) in [6, 6.07) is 5.49. The van der Waals surface area contributed by atoms with E-state index in [9.17, 15) is 21.4 Å². The number of rotatable bonds is 7. The number of benzene rings is 1. The molecule has 29 heavy (non-hydrogen) atoms. The zero-order valence-corrected chi connectivity index (χ0v) is 17.5. The molecule has 0 amide bonds. The Morgan fingerprint density at radius 3 is 2.52 bits per heavy atom. The van der Waals surface area contributed by atoms with Crippen LogP contribution in [0.1, 0.15) is 32.6 Å². The SMILES string of the molecule is CCS(=O)C1CCCC(Nc2ccc(S(=O)(=O)Nc3cc(F)cc(F)c3)cn2)C1. The molecule has 0 saturated heterocycles. The van der Waals surface area contributed by atoms with Gasteiger partial charge in [0.25, 0.3) is 10.0 Å². The number of pyridine rings is 1. The summed E-state index contributed by atoms with van der Waals surface area (Å²) in [6.45, 7) is 1.92. The molecule has 1 fully saturated rings. The van der Waals surface area contributed by atoms with Gasteiger partial charge in [0.1, 0.15) is 22.3 Å². The molecule has 158 valence electrons. The highest BCUT2D eigenvalue weighted by Crippen LogP contribution is 2.26. The lowest BCUT2D eigenvalue weighted by Gasteiger charge is -2.29. The van der Waals surface area contributed by atoms with Crippen molar-refractivity contribution < 1.29 is 21.4 Å². The fourth-order valence-electron chi connectivity index (χ4n) is 3.41. The van der Waals surface area contributed by atoms with Crippen molar-refractivity contribution in [3.05, 3.63) is 48.2 Å². The Morgan fingerprint density at radius 1 is 1.17 bits per heavy atom. The Hall–Kier alpha value is -2.07. The van der Waals surface area contributed by atoms with Gasteiger partial charge < -0.3 is 5.32 Å². The maximum Gasteiger partial charge on any atom is 0.263 e. The normalized spacial score (nSPS) is 20.8. The summed E-state index contributed by atoms with van der Waals surface area (Å²) in [5, 5.41) is 3.44. The Kier molecular flexibility index (Phi) is 6.84. The molecule has 0 aliphatic heterocycles. The molecular weight excluding hydrogens is 420 g/mol. The van der Waals surface area contributed by atoms with Crippen LogP contribution in [-0.2, 0) is 20.8 Å². The lowest BCUT2D eigenvalue weighted by Crippen LogP contribution is -2.33. The summed E-state index contributed by atoms with van der Waals surface area (Å²) in [5.41, 5.74) is -0.207. The molecule has 2 N–H and O–H groups in total. The second kappa shape index (κ2) is 9.17. The summed E-state index contributed by atoms with van der Waals surface area (Å²) in [6.07, 6.45) is 4.84. The third-order valence-corrected chi connectivity index (χ3v) is 7.90. The molecule has 6 nitrogen and oxygen atoms in total. The third-order valence-electron chi connectivity index (χ3n) is 4.80. The minimum Gasteiger partial charge on any atom is -0.367 e. The van der Waals surface area contributed by atoms with Crippen molar-refractivity contribution in [2.45, 2.75) is 48.8 Å². The van der Waals surface area contributed by atoms with Gasteiger partial charge >= 0.3 is 0 Å². The van der Waals surface area contributed by atoms with Crippen molar-refractivity contribution >= 4 is 32.3 Å². The lowest BCUT2D eigenvalue weighted by atomic mass is 9.95. The zero-order chi connectivity index (χ0) is 21.0. The Balaban J connectivity index is 1.67. The van der Waals surface area contributed by atoms with Gasteiger partial charge in [0.05, 0.1) is 5.69 Å². The Bertz CT molecular complexity index is 964. The number of aromatic nitrogens is 1. The fraction of sp³-hybridized carbons (Fsp3) is 0.421. The third kappa shape index (κ3) is 5.72. The largest absolute Gasteiger partial charge is 0.367 e. The number of halogens is 2. The summed E-state index contributed by atoms with van der Waals surface area (Å²) >= 11 is 0. The topological polar surface area (TPSA) is 88.2 Å². The lowest BCUT2D eigenvalue weighted by molar-refractivity contribution is 0.464. The Morgan fingerprint density at radius 2 is 1.90 bits per heavy atom. The average Bonchev–Trinajstić information content (AvgIpc) is 2.67. The summed E-state index contributed by atoms with van der Waals surface area (Å²) in [5.74, 6) is -0.594. The van der Waals surface area contributed by atoms with E-state index in [1.807, 2.05) is 6.92 Å². The van der Waals surface area contributed by atoms with Gasteiger partial charge in [0.2, 0.25) is 0 Å². The van der Waals surface area contributed by atoms with E-state index in [4.69, 9.17) is 0 Å². The van der Waals surface area contributed by atoms with Gasteiger partial charge in [-0.2, -0.15) is 0 Å². The van der Waals surface area contributed by atoms with Gasteiger partial charge in [-0.15, -0.1) is 0 Å². The number of hydrogen-bond acceptors (Lipinski definition) is 5. The van der Waals surface area contributed by atoms with Crippen molar-refractivity contribution in [1.82, 2.24) is 4.98 Å². The molecule has 1 saturated carbocycles. The first-order valence-electron chi connectivity index (χ1n) is 9.35. The smallest absolute Gasteiger partial charge is 0.263 e. The number of nitrogens with one attached hydrogen (secondary N) is 2. The van der Waals surface area contributed by atoms with Crippen LogP contribution in [-0.4, -0.2) is 34.7 Å². The fourth-order valence-corrected chi connectivity index (χ4v) is 5.74. The van der Waals surface area contributed by atoms with Crippen LogP contribution in [0.3, 0.4) is 0 Å². The van der Waals surface area contributed by atoms with Crippen LogP contribution in [0.15, 0.2) is 41.4 Å². The van der Waals surface area contributed by atoms with E-state index in [1.165, 1.54) is 12.3 Å². The molecule has 10 heteroatoms. The molecule has 3 atom stereocenters. The van der Waals surface area contributed by atoms with E-state index in [0.29, 0.717) is 17.6 Å². The molecule has 1 aromatic heterocycles. The summed E-state index contributed by atoms with van der Waals surface area (Å²) < 4.78 is 65.6. The van der Waals surface area contributed by atoms with Crippen molar-refractivity contribution in [3.8, 4) is 0 Å². The Labute approximate surface area is 171 Å². The van der Waals surface area contributed by atoms with Crippen LogP contribution in [0.2, 0.25) is 0 Å². The van der Waals surface area contributed by atoms with E-state index in [-0.39, 0.29) is 21.9 Å². The van der Waals surface area contributed by atoms with Crippen LogP contribution >= 0.6 is 0 Å². The molecule has 3 rings (SSSR count). The highest BCUT2D eigenvalue weighted by molar-refractivity contribution is 7.92. The monoisotopic (exact) mass is 443 g/mol. The van der Waals surface area contributed by atoms with Gasteiger partial charge in [0.15, 0.2) is 0 Å². The standard InChI is InChI=1S/C19H23F2N3O3S2/c1-2-28(25)17-5-3-4-15(11-17)23-19-7-6-18(12-22-19)29(26,27)24-16-9-13(20)8-14(21)10-16/h6-10,12,15,17,24H,2-5,11H2,1H3,(H,22,23). The molecule has 1 aliphatic rings. The summed E-state index contributed by atoms with van der Waals surface area (Å²) in [4.78, 5) is 4.03. The van der Waals surface area contributed by atoms with Crippen LogP contribution in [0.25, 0.3) is 0 Å². The van der Waals surface area contributed by atoms with Gasteiger partial charge in [-0.05, 0) is 43.5 Å². The van der Waals surface area contributed by atoms with Crippen molar-refractivity contribution in [2.75, 3.05) is 15.8 Å². The second-order valence-electron chi connectivity index (χ2n) is 6.94. The van der Waals surface area contributed by atoms with Crippen molar-refractivity contribution in [3.63, 3.8) is 0 Å². The number of sulfonamides is 1. The van der Waals surface area contributed by atoms with E-state index in [0.717, 1.165) is 37.8 Å².